The summed E-state index contributed by atoms with van der Waals surface area (Å²) in [5, 5.41) is 9.66. The smallest absolute Gasteiger partial charge is 0.303 e. The quantitative estimate of drug-likeness (QED) is 0.292. The molecule has 1 saturated carbocycles. The SMILES string of the molecule is O=C(CCc1c[nH]c2cccc(F)c12)N1CCOC2CCCCC21.O=C(O)CCc1c[nH]c2cccc(F)c12. The Balaban J connectivity index is 0.000000177. The Labute approximate surface area is 225 Å². The molecule has 2 aromatic carbocycles. The summed E-state index contributed by atoms with van der Waals surface area (Å²) < 4.78 is 33.3. The molecule has 206 valence electrons. The van der Waals surface area contributed by atoms with Crippen molar-refractivity contribution in [3.8, 4) is 0 Å². The summed E-state index contributed by atoms with van der Waals surface area (Å²) in [4.78, 5) is 31.2. The lowest BCUT2D eigenvalue weighted by Gasteiger charge is -2.43. The van der Waals surface area contributed by atoms with Crippen molar-refractivity contribution < 1.29 is 28.2 Å². The predicted molar refractivity (Wildman–Crippen MR) is 145 cm³/mol. The molecule has 39 heavy (non-hydrogen) atoms. The van der Waals surface area contributed by atoms with Gasteiger partial charge in [-0.1, -0.05) is 25.0 Å². The number of amides is 1. The fourth-order valence-electron chi connectivity index (χ4n) is 5.84. The van der Waals surface area contributed by atoms with E-state index in [4.69, 9.17) is 9.84 Å². The number of carboxylic acids is 1. The molecule has 4 aromatic rings. The van der Waals surface area contributed by atoms with Gasteiger partial charge in [0.15, 0.2) is 0 Å². The average Bonchev–Trinajstić information content (AvgIpc) is 3.56. The Morgan fingerprint density at radius 3 is 2.10 bits per heavy atom. The van der Waals surface area contributed by atoms with Crippen LogP contribution >= 0.6 is 0 Å². The molecule has 1 aliphatic heterocycles. The number of halogens is 2. The summed E-state index contributed by atoms with van der Waals surface area (Å²) in [7, 11) is 0. The first-order valence-electron chi connectivity index (χ1n) is 13.5. The van der Waals surface area contributed by atoms with Crippen molar-refractivity contribution in [3.05, 3.63) is 71.6 Å². The summed E-state index contributed by atoms with van der Waals surface area (Å²) in [5.74, 6) is -1.24. The molecular formula is C30H33F2N3O4. The second-order valence-corrected chi connectivity index (χ2v) is 10.2. The number of aliphatic carboxylic acids is 1. The first kappa shape index (κ1) is 26.9. The zero-order valence-corrected chi connectivity index (χ0v) is 21.7. The van der Waals surface area contributed by atoms with Crippen molar-refractivity contribution in [2.75, 3.05) is 13.2 Å². The fourth-order valence-corrected chi connectivity index (χ4v) is 5.84. The molecule has 7 nitrogen and oxygen atoms in total. The third-order valence-electron chi connectivity index (χ3n) is 7.74. The lowest BCUT2D eigenvalue weighted by atomic mass is 9.90. The monoisotopic (exact) mass is 537 g/mol. The molecule has 1 saturated heterocycles. The number of benzene rings is 2. The summed E-state index contributed by atoms with van der Waals surface area (Å²) >= 11 is 0. The number of ether oxygens (including phenoxy) is 1. The zero-order valence-electron chi connectivity index (χ0n) is 21.7. The van der Waals surface area contributed by atoms with Crippen LogP contribution in [0.5, 0.6) is 0 Å². The second-order valence-electron chi connectivity index (χ2n) is 10.2. The molecule has 2 aliphatic rings. The Morgan fingerprint density at radius 2 is 1.49 bits per heavy atom. The highest BCUT2D eigenvalue weighted by molar-refractivity contribution is 5.85. The number of morpholine rings is 1. The number of nitrogens with one attached hydrogen (secondary N) is 2. The normalized spacial score (nSPS) is 19.0. The van der Waals surface area contributed by atoms with Gasteiger partial charge in [-0.15, -0.1) is 0 Å². The fraction of sp³-hybridized carbons (Fsp3) is 0.400. The Bertz CT molecular complexity index is 1460. The molecule has 0 bridgehead atoms. The molecule has 2 aromatic heterocycles. The van der Waals surface area contributed by atoms with Gasteiger partial charge in [0.05, 0.1) is 18.8 Å². The molecule has 2 unspecified atom stereocenters. The van der Waals surface area contributed by atoms with Crippen LogP contribution in [0.2, 0.25) is 0 Å². The predicted octanol–water partition coefficient (Wildman–Crippen LogP) is 5.73. The highest BCUT2D eigenvalue weighted by atomic mass is 19.1. The standard InChI is InChI=1S/C19H23FN2O2.C11H10FNO2/c20-14-4-3-5-15-19(14)13(12-21-15)8-9-18(23)22-10-11-24-17-7-2-1-6-16(17)22;12-8-2-1-3-9-11(8)7(6-13-9)4-5-10(14)15/h3-5,12,16-17,21H,1-2,6-11H2;1-3,6,13H,4-5H2,(H,14,15). The number of carbonyl (C=O) groups excluding carboxylic acids is 1. The number of aryl methyl sites for hydroxylation is 2. The van der Waals surface area contributed by atoms with Crippen molar-refractivity contribution in [3.63, 3.8) is 0 Å². The van der Waals surface area contributed by atoms with E-state index >= 15 is 0 Å². The van der Waals surface area contributed by atoms with Gasteiger partial charge < -0.3 is 24.7 Å². The molecular weight excluding hydrogens is 504 g/mol. The first-order valence-corrected chi connectivity index (χ1v) is 13.5. The van der Waals surface area contributed by atoms with E-state index in [1.54, 1.807) is 24.4 Å². The Hall–Kier alpha value is -3.72. The van der Waals surface area contributed by atoms with Crippen LogP contribution in [0.4, 0.5) is 8.78 Å². The van der Waals surface area contributed by atoms with Gasteiger partial charge in [-0.3, -0.25) is 9.59 Å². The lowest BCUT2D eigenvalue weighted by Crippen LogP contribution is -2.54. The van der Waals surface area contributed by atoms with E-state index in [1.165, 1.54) is 25.0 Å². The van der Waals surface area contributed by atoms with E-state index in [1.807, 2.05) is 17.2 Å². The summed E-state index contributed by atoms with van der Waals surface area (Å²) in [6.07, 6.45) is 9.50. The lowest BCUT2D eigenvalue weighted by molar-refractivity contribution is -0.149. The van der Waals surface area contributed by atoms with Gasteiger partial charge in [0.1, 0.15) is 11.6 Å². The highest BCUT2D eigenvalue weighted by Gasteiger charge is 2.36. The average molecular weight is 538 g/mol. The molecule has 3 N–H and O–H groups in total. The van der Waals surface area contributed by atoms with Gasteiger partial charge >= 0.3 is 5.97 Å². The Kier molecular flexibility index (Phi) is 8.26. The molecule has 9 heteroatoms. The molecule has 3 heterocycles. The number of carboxylic acid groups (broad SMARTS) is 1. The number of hydrogen-bond acceptors (Lipinski definition) is 3. The van der Waals surface area contributed by atoms with Crippen LogP contribution in [0, 0.1) is 11.6 Å². The molecule has 2 atom stereocenters. The largest absolute Gasteiger partial charge is 0.481 e. The topological polar surface area (TPSA) is 98.4 Å². The van der Waals surface area contributed by atoms with E-state index in [0.29, 0.717) is 54.3 Å². The number of hydrogen-bond donors (Lipinski definition) is 3. The van der Waals surface area contributed by atoms with Gasteiger partial charge in [-0.2, -0.15) is 0 Å². The molecule has 1 aliphatic carbocycles. The Morgan fingerprint density at radius 1 is 0.897 bits per heavy atom. The number of aromatic nitrogens is 2. The van der Waals surface area contributed by atoms with Crippen molar-refractivity contribution in [1.82, 2.24) is 14.9 Å². The van der Waals surface area contributed by atoms with Crippen molar-refractivity contribution >= 4 is 33.7 Å². The first-order chi connectivity index (χ1) is 18.9. The minimum Gasteiger partial charge on any atom is -0.481 e. The van der Waals surface area contributed by atoms with Gasteiger partial charge in [-0.25, -0.2) is 8.78 Å². The van der Waals surface area contributed by atoms with E-state index in [2.05, 4.69) is 9.97 Å². The molecule has 2 fully saturated rings. The number of aromatic amines is 2. The van der Waals surface area contributed by atoms with Crippen LogP contribution in [0.3, 0.4) is 0 Å². The van der Waals surface area contributed by atoms with Crippen molar-refractivity contribution in [1.29, 1.82) is 0 Å². The van der Waals surface area contributed by atoms with Crippen LogP contribution in [0.25, 0.3) is 21.8 Å². The van der Waals surface area contributed by atoms with E-state index in [-0.39, 0.29) is 36.1 Å². The van der Waals surface area contributed by atoms with E-state index < -0.39 is 5.97 Å². The van der Waals surface area contributed by atoms with Crippen molar-refractivity contribution in [2.45, 2.75) is 63.5 Å². The van der Waals surface area contributed by atoms with Crippen LogP contribution in [-0.2, 0) is 27.2 Å². The maximum Gasteiger partial charge on any atom is 0.303 e. The molecule has 0 radical (unpaired) electrons. The van der Waals surface area contributed by atoms with Gasteiger partial charge in [0.2, 0.25) is 5.91 Å². The summed E-state index contributed by atoms with van der Waals surface area (Å²) in [5.41, 5.74) is 3.09. The third kappa shape index (κ3) is 5.98. The number of fused-ring (bicyclic) bond motifs is 3. The third-order valence-corrected chi connectivity index (χ3v) is 7.74. The zero-order chi connectivity index (χ0) is 27.4. The van der Waals surface area contributed by atoms with Crippen LogP contribution in [0.15, 0.2) is 48.8 Å². The number of carbonyl (C=O) groups is 2. The van der Waals surface area contributed by atoms with Crippen LogP contribution in [-0.4, -0.2) is 57.1 Å². The van der Waals surface area contributed by atoms with Crippen LogP contribution in [0.1, 0.15) is 49.7 Å². The molecule has 0 spiro atoms. The molecule has 1 amide bonds. The summed E-state index contributed by atoms with van der Waals surface area (Å²) in [6, 6.07) is 10.0. The molecule has 6 rings (SSSR count). The van der Waals surface area contributed by atoms with E-state index in [0.717, 1.165) is 23.9 Å². The second kappa shape index (κ2) is 12.0. The number of rotatable bonds is 6. The maximum atomic E-state index is 14.0. The minimum absolute atomic E-state index is 0.0152. The van der Waals surface area contributed by atoms with E-state index in [9.17, 15) is 18.4 Å². The number of H-pyrrole nitrogens is 2. The highest BCUT2D eigenvalue weighted by Crippen LogP contribution is 2.29. The van der Waals surface area contributed by atoms with Gasteiger partial charge in [-0.05, 0) is 61.1 Å². The van der Waals surface area contributed by atoms with Gasteiger partial charge in [0, 0.05) is 53.6 Å². The minimum atomic E-state index is -0.874. The van der Waals surface area contributed by atoms with Gasteiger partial charge in [0.25, 0.3) is 0 Å². The maximum absolute atomic E-state index is 14.0. The summed E-state index contributed by atoms with van der Waals surface area (Å²) in [6.45, 7) is 1.32. The van der Waals surface area contributed by atoms with Crippen LogP contribution < -0.4 is 0 Å². The number of nitrogens with zero attached hydrogens (tertiary/aromatic N) is 1. The van der Waals surface area contributed by atoms with Crippen molar-refractivity contribution in [2.24, 2.45) is 0 Å².